The average Bonchev–Trinajstić information content (AvgIpc) is 2.30. The van der Waals surface area contributed by atoms with Crippen molar-refractivity contribution in [1.82, 2.24) is 0 Å². The van der Waals surface area contributed by atoms with Crippen LogP contribution in [-0.2, 0) is 0 Å². The third-order valence-electron chi connectivity index (χ3n) is 2.33. The number of hydrogen-bond acceptors (Lipinski definition) is 1. The molecule has 0 heterocycles. The molecule has 0 bridgehead atoms. The number of hydrogen-bond donors (Lipinski definition) is 0. The fourth-order valence-corrected chi connectivity index (χ4v) is 1.74. The molecular formula is C13H13OP. The number of rotatable bonds is 2. The van der Waals surface area contributed by atoms with E-state index in [-0.39, 0.29) is 0 Å². The van der Waals surface area contributed by atoms with Gasteiger partial charge in [0.15, 0.2) is 0 Å². The van der Waals surface area contributed by atoms with Crippen LogP contribution in [0.3, 0.4) is 0 Å². The van der Waals surface area contributed by atoms with E-state index in [0.29, 0.717) is 0 Å². The number of methoxy groups -OCH3 is 1. The van der Waals surface area contributed by atoms with Crippen LogP contribution in [0, 0.1) is 0 Å². The van der Waals surface area contributed by atoms with E-state index < -0.39 is 0 Å². The lowest BCUT2D eigenvalue weighted by Gasteiger charge is -2.08. The second kappa shape index (κ2) is 4.46. The zero-order valence-electron chi connectivity index (χ0n) is 8.60. The molecule has 0 aliphatic heterocycles. The molecule has 0 saturated heterocycles. The molecule has 0 spiro atoms. The molecule has 0 radical (unpaired) electrons. The van der Waals surface area contributed by atoms with E-state index in [1.165, 1.54) is 10.9 Å². The molecule has 0 fully saturated rings. The molecule has 1 atom stereocenters. The highest BCUT2D eigenvalue weighted by molar-refractivity contribution is 7.27. The summed E-state index contributed by atoms with van der Waals surface area (Å²) in [5.74, 6) is 0.911. The van der Waals surface area contributed by atoms with Gasteiger partial charge in [-0.25, -0.2) is 0 Å². The van der Waals surface area contributed by atoms with Gasteiger partial charge < -0.3 is 4.74 Å². The highest BCUT2D eigenvalue weighted by Gasteiger charge is 2.03. The summed E-state index contributed by atoms with van der Waals surface area (Å²) in [7, 11) is 4.38. The van der Waals surface area contributed by atoms with Gasteiger partial charge in [-0.05, 0) is 16.9 Å². The van der Waals surface area contributed by atoms with Crippen molar-refractivity contribution in [3.63, 3.8) is 0 Å². The van der Waals surface area contributed by atoms with Crippen molar-refractivity contribution in [3.8, 4) is 16.9 Å². The van der Waals surface area contributed by atoms with Crippen LogP contribution in [0.5, 0.6) is 5.75 Å². The van der Waals surface area contributed by atoms with Crippen LogP contribution in [0.1, 0.15) is 0 Å². The Morgan fingerprint density at radius 2 is 1.60 bits per heavy atom. The van der Waals surface area contributed by atoms with Crippen LogP contribution in [0.2, 0.25) is 0 Å². The zero-order valence-corrected chi connectivity index (χ0v) is 9.76. The third kappa shape index (κ3) is 2.19. The summed E-state index contributed by atoms with van der Waals surface area (Å²) in [5, 5.41) is 1.19. The van der Waals surface area contributed by atoms with E-state index in [9.17, 15) is 0 Å². The van der Waals surface area contributed by atoms with E-state index in [1.54, 1.807) is 7.11 Å². The van der Waals surface area contributed by atoms with Gasteiger partial charge in [-0.3, -0.25) is 0 Å². The predicted octanol–water partition coefficient (Wildman–Crippen LogP) is 2.86. The molecule has 76 valence electrons. The van der Waals surface area contributed by atoms with Crippen molar-refractivity contribution in [2.45, 2.75) is 0 Å². The predicted molar refractivity (Wildman–Crippen MR) is 67.8 cm³/mol. The summed E-state index contributed by atoms with van der Waals surface area (Å²) in [4.78, 5) is 0. The van der Waals surface area contributed by atoms with Gasteiger partial charge in [-0.2, -0.15) is 0 Å². The van der Waals surface area contributed by atoms with E-state index >= 15 is 0 Å². The Kier molecular flexibility index (Phi) is 3.03. The molecule has 15 heavy (non-hydrogen) atoms. The van der Waals surface area contributed by atoms with Gasteiger partial charge >= 0.3 is 0 Å². The summed E-state index contributed by atoms with van der Waals surface area (Å²) >= 11 is 0. The molecule has 0 N–H and O–H groups in total. The molecule has 0 saturated carbocycles. The van der Waals surface area contributed by atoms with Gasteiger partial charge in [0.2, 0.25) is 0 Å². The van der Waals surface area contributed by atoms with Gasteiger partial charge in [0, 0.05) is 5.56 Å². The van der Waals surface area contributed by atoms with Crippen LogP contribution in [0.15, 0.2) is 48.5 Å². The lowest BCUT2D eigenvalue weighted by Crippen LogP contribution is -1.90. The first kappa shape index (κ1) is 10.2. The maximum absolute atomic E-state index is 5.32. The first-order valence-electron chi connectivity index (χ1n) is 4.80. The van der Waals surface area contributed by atoms with Crippen LogP contribution < -0.4 is 10.0 Å². The van der Waals surface area contributed by atoms with Crippen LogP contribution in [0.25, 0.3) is 11.1 Å². The molecule has 2 rings (SSSR count). The second-order valence-corrected chi connectivity index (χ2v) is 3.99. The van der Waals surface area contributed by atoms with Crippen molar-refractivity contribution >= 4 is 14.5 Å². The van der Waals surface area contributed by atoms with E-state index in [0.717, 1.165) is 11.3 Å². The fourth-order valence-electron chi connectivity index (χ4n) is 1.55. The minimum absolute atomic E-state index is 0.911. The maximum atomic E-state index is 5.32. The Labute approximate surface area is 92.3 Å². The number of para-hydroxylation sites is 1. The molecule has 1 nitrogen and oxygen atoms in total. The number of benzene rings is 2. The topological polar surface area (TPSA) is 9.23 Å². The Hall–Kier alpha value is -1.33. The maximum Gasteiger partial charge on any atom is 0.126 e. The highest BCUT2D eigenvalue weighted by Crippen LogP contribution is 2.28. The summed E-state index contributed by atoms with van der Waals surface area (Å²) in [6.45, 7) is 0. The number of ether oxygens (including phenoxy) is 1. The van der Waals surface area contributed by atoms with E-state index in [1.807, 2.05) is 18.2 Å². The summed E-state index contributed by atoms with van der Waals surface area (Å²) in [6, 6.07) is 16.4. The Balaban J connectivity index is 2.49. The lowest BCUT2D eigenvalue weighted by atomic mass is 10.1. The van der Waals surface area contributed by atoms with Gasteiger partial charge in [-0.1, -0.05) is 42.5 Å². The molecule has 1 unspecified atom stereocenters. The molecule has 2 aromatic rings. The van der Waals surface area contributed by atoms with Crippen molar-refractivity contribution in [3.05, 3.63) is 48.5 Å². The molecule has 0 aliphatic rings. The molecular weight excluding hydrogens is 203 g/mol. The summed E-state index contributed by atoms with van der Waals surface area (Å²) in [5.41, 5.74) is 2.31. The van der Waals surface area contributed by atoms with Crippen LogP contribution in [0.4, 0.5) is 0 Å². The zero-order chi connectivity index (χ0) is 10.7. The second-order valence-electron chi connectivity index (χ2n) is 3.32. The Morgan fingerprint density at radius 3 is 2.27 bits per heavy atom. The summed E-state index contributed by atoms with van der Waals surface area (Å²) < 4.78 is 5.32. The normalized spacial score (nSPS) is 10.0. The Bertz CT molecular complexity index is 448. The van der Waals surface area contributed by atoms with Crippen molar-refractivity contribution < 1.29 is 4.74 Å². The smallest absolute Gasteiger partial charge is 0.126 e. The molecule has 2 aromatic carbocycles. The van der Waals surface area contributed by atoms with Gasteiger partial charge in [0.25, 0.3) is 0 Å². The lowest BCUT2D eigenvalue weighted by molar-refractivity contribution is 0.416. The third-order valence-corrected chi connectivity index (χ3v) is 2.71. The van der Waals surface area contributed by atoms with Gasteiger partial charge in [-0.15, -0.1) is 9.24 Å². The van der Waals surface area contributed by atoms with Crippen molar-refractivity contribution in [1.29, 1.82) is 0 Å². The summed E-state index contributed by atoms with van der Waals surface area (Å²) in [6.07, 6.45) is 0. The molecule has 0 aliphatic carbocycles. The minimum atomic E-state index is 0.911. The average molecular weight is 216 g/mol. The quantitative estimate of drug-likeness (QED) is 0.701. The first-order chi connectivity index (χ1) is 7.31. The SMILES string of the molecule is COc1ccccc1-c1ccc(P)cc1. The van der Waals surface area contributed by atoms with Crippen molar-refractivity contribution in [2.75, 3.05) is 7.11 Å². The first-order valence-corrected chi connectivity index (χ1v) is 5.38. The largest absolute Gasteiger partial charge is 0.496 e. The van der Waals surface area contributed by atoms with E-state index in [4.69, 9.17) is 4.74 Å². The molecule has 0 aromatic heterocycles. The molecule has 2 heteroatoms. The standard InChI is InChI=1S/C13H13OP/c1-14-13-5-3-2-4-12(13)10-6-8-11(15)9-7-10/h2-9H,15H2,1H3. The van der Waals surface area contributed by atoms with E-state index in [2.05, 4.69) is 39.6 Å². The minimum Gasteiger partial charge on any atom is -0.496 e. The highest BCUT2D eigenvalue weighted by atomic mass is 31.0. The van der Waals surface area contributed by atoms with Gasteiger partial charge in [0.1, 0.15) is 5.75 Å². The van der Waals surface area contributed by atoms with Crippen molar-refractivity contribution in [2.24, 2.45) is 0 Å². The monoisotopic (exact) mass is 216 g/mol. The van der Waals surface area contributed by atoms with Crippen LogP contribution in [-0.4, -0.2) is 7.11 Å². The Morgan fingerprint density at radius 1 is 0.933 bits per heavy atom. The molecule has 0 amide bonds. The fraction of sp³-hybridized carbons (Fsp3) is 0.0769. The van der Waals surface area contributed by atoms with Crippen LogP contribution >= 0.6 is 9.24 Å². The van der Waals surface area contributed by atoms with Gasteiger partial charge in [0.05, 0.1) is 7.11 Å².